The number of carbonyl (C=O) groups is 3. The molecule has 1 aromatic carbocycles. The lowest BCUT2D eigenvalue weighted by molar-refractivity contribution is -0.140. The van der Waals surface area contributed by atoms with Gasteiger partial charge < -0.3 is 30.1 Å². The topological polar surface area (TPSA) is 117 Å². The summed E-state index contributed by atoms with van der Waals surface area (Å²) >= 11 is 0. The molecule has 1 aromatic rings. The molecule has 2 bridgehead atoms. The maximum atomic E-state index is 13.8. The lowest BCUT2D eigenvalue weighted by Crippen LogP contribution is -2.53. The van der Waals surface area contributed by atoms with Gasteiger partial charge in [-0.05, 0) is 56.4 Å². The predicted octanol–water partition coefficient (Wildman–Crippen LogP) is 2.09. The molecular formula is C26H37N3O6. The Hall–Kier alpha value is -2.65. The number of carbonyl (C=O) groups excluding carboxylic acids is 3. The van der Waals surface area contributed by atoms with Gasteiger partial charge in [0.05, 0.1) is 25.0 Å². The molecule has 192 valence electrons. The average molecular weight is 488 g/mol. The predicted molar refractivity (Wildman–Crippen MR) is 130 cm³/mol. The lowest BCUT2D eigenvalue weighted by Gasteiger charge is -2.33. The van der Waals surface area contributed by atoms with Gasteiger partial charge in [-0.3, -0.25) is 14.4 Å². The number of rotatable bonds is 12. The van der Waals surface area contributed by atoms with Crippen molar-refractivity contribution >= 4 is 23.4 Å². The SMILES string of the molecule is CCCNC(=O)[C@@H]1[C@H]2C(=O)N(CCCCCCO)C(C(=O)Nc3ccc(OC)cc3)C23CC[C@H]1O3. The van der Waals surface area contributed by atoms with Crippen LogP contribution in [0.2, 0.25) is 0 Å². The number of amides is 3. The minimum Gasteiger partial charge on any atom is -0.497 e. The van der Waals surface area contributed by atoms with Gasteiger partial charge in [-0.25, -0.2) is 0 Å². The number of hydrogen-bond donors (Lipinski definition) is 3. The molecular weight excluding hydrogens is 450 g/mol. The van der Waals surface area contributed by atoms with Crippen LogP contribution in [0.5, 0.6) is 5.75 Å². The van der Waals surface area contributed by atoms with E-state index in [9.17, 15) is 14.4 Å². The molecule has 9 nitrogen and oxygen atoms in total. The fraction of sp³-hybridized carbons (Fsp3) is 0.654. The van der Waals surface area contributed by atoms with Crippen molar-refractivity contribution in [2.24, 2.45) is 11.8 Å². The fourth-order valence-electron chi connectivity index (χ4n) is 5.99. The van der Waals surface area contributed by atoms with Crippen LogP contribution in [0.3, 0.4) is 0 Å². The number of nitrogens with one attached hydrogen (secondary N) is 2. The fourth-order valence-corrected chi connectivity index (χ4v) is 5.99. The van der Waals surface area contributed by atoms with E-state index in [2.05, 4.69) is 10.6 Å². The van der Waals surface area contributed by atoms with Crippen molar-refractivity contribution in [3.63, 3.8) is 0 Å². The van der Waals surface area contributed by atoms with Crippen molar-refractivity contribution in [3.8, 4) is 5.75 Å². The summed E-state index contributed by atoms with van der Waals surface area (Å²) in [6.45, 7) is 3.09. The van der Waals surface area contributed by atoms with Gasteiger partial charge in [0, 0.05) is 25.4 Å². The van der Waals surface area contributed by atoms with E-state index < -0.39 is 23.5 Å². The van der Waals surface area contributed by atoms with E-state index >= 15 is 0 Å². The summed E-state index contributed by atoms with van der Waals surface area (Å²) in [4.78, 5) is 42.1. The minimum absolute atomic E-state index is 0.143. The molecule has 0 saturated carbocycles. The highest BCUT2D eigenvalue weighted by atomic mass is 16.5. The number of anilines is 1. The highest BCUT2D eigenvalue weighted by Crippen LogP contribution is 2.58. The van der Waals surface area contributed by atoms with Crippen LogP contribution < -0.4 is 15.4 Å². The van der Waals surface area contributed by atoms with Crippen molar-refractivity contribution < 1.29 is 29.0 Å². The van der Waals surface area contributed by atoms with Crippen molar-refractivity contribution in [1.82, 2.24) is 10.2 Å². The number of likely N-dealkylation sites (tertiary alicyclic amines) is 1. The van der Waals surface area contributed by atoms with E-state index in [1.54, 1.807) is 36.3 Å². The molecule has 5 atom stereocenters. The summed E-state index contributed by atoms with van der Waals surface area (Å²) in [6.07, 6.45) is 4.83. The highest BCUT2D eigenvalue weighted by Gasteiger charge is 2.74. The number of ether oxygens (including phenoxy) is 2. The zero-order chi connectivity index (χ0) is 25.0. The zero-order valence-corrected chi connectivity index (χ0v) is 20.6. The van der Waals surface area contributed by atoms with Gasteiger partial charge in [0.25, 0.3) is 0 Å². The van der Waals surface area contributed by atoms with Gasteiger partial charge in [-0.2, -0.15) is 0 Å². The van der Waals surface area contributed by atoms with Crippen LogP contribution in [0.1, 0.15) is 51.9 Å². The molecule has 1 spiro atoms. The van der Waals surface area contributed by atoms with Crippen LogP contribution in [-0.4, -0.2) is 72.3 Å². The van der Waals surface area contributed by atoms with Crippen LogP contribution in [0, 0.1) is 11.8 Å². The van der Waals surface area contributed by atoms with Gasteiger partial charge in [-0.1, -0.05) is 19.8 Å². The Labute approximate surface area is 206 Å². The second-order valence-electron chi connectivity index (χ2n) is 9.73. The Balaban J connectivity index is 1.58. The first-order chi connectivity index (χ1) is 17.0. The molecule has 3 fully saturated rings. The maximum absolute atomic E-state index is 13.8. The van der Waals surface area contributed by atoms with Gasteiger partial charge in [0.2, 0.25) is 17.7 Å². The Bertz CT molecular complexity index is 922. The number of nitrogens with zero attached hydrogens (tertiary/aromatic N) is 1. The van der Waals surface area contributed by atoms with E-state index in [0.29, 0.717) is 43.8 Å². The van der Waals surface area contributed by atoms with Gasteiger partial charge in [-0.15, -0.1) is 0 Å². The number of hydrogen-bond acceptors (Lipinski definition) is 6. The summed E-state index contributed by atoms with van der Waals surface area (Å²) in [5.74, 6) is -1.16. The lowest BCUT2D eigenvalue weighted by atomic mass is 9.70. The third-order valence-electron chi connectivity index (χ3n) is 7.57. The molecule has 0 radical (unpaired) electrons. The molecule has 4 rings (SSSR count). The van der Waals surface area contributed by atoms with Crippen molar-refractivity contribution in [3.05, 3.63) is 24.3 Å². The quantitative estimate of drug-likeness (QED) is 0.389. The smallest absolute Gasteiger partial charge is 0.250 e. The summed E-state index contributed by atoms with van der Waals surface area (Å²) in [5, 5.41) is 15.0. The normalized spacial score (nSPS) is 28.8. The number of aliphatic hydroxyl groups is 1. The van der Waals surface area contributed by atoms with Crippen LogP contribution in [-0.2, 0) is 19.1 Å². The Morgan fingerprint density at radius 1 is 1.17 bits per heavy atom. The van der Waals surface area contributed by atoms with Crippen molar-refractivity contribution in [2.75, 3.05) is 32.1 Å². The van der Waals surface area contributed by atoms with Crippen LogP contribution >= 0.6 is 0 Å². The molecule has 35 heavy (non-hydrogen) atoms. The summed E-state index contributed by atoms with van der Waals surface area (Å²) in [6, 6.07) is 6.25. The number of fused-ring (bicyclic) bond motifs is 1. The second-order valence-corrected chi connectivity index (χ2v) is 9.73. The molecule has 3 aliphatic rings. The van der Waals surface area contributed by atoms with Crippen LogP contribution in [0.4, 0.5) is 5.69 Å². The first-order valence-electron chi connectivity index (χ1n) is 12.8. The zero-order valence-electron chi connectivity index (χ0n) is 20.6. The number of benzene rings is 1. The van der Waals surface area contributed by atoms with Crippen molar-refractivity contribution in [2.45, 2.75) is 69.6 Å². The molecule has 2 unspecified atom stereocenters. The van der Waals surface area contributed by atoms with Gasteiger partial charge >= 0.3 is 0 Å². The van der Waals surface area contributed by atoms with Gasteiger partial charge in [0.1, 0.15) is 17.4 Å². The van der Waals surface area contributed by atoms with E-state index in [4.69, 9.17) is 14.6 Å². The van der Waals surface area contributed by atoms with Crippen LogP contribution in [0.15, 0.2) is 24.3 Å². The van der Waals surface area contributed by atoms with E-state index in [1.165, 1.54) is 0 Å². The van der Waals surface area contributed by atoms with E-state index in [0.717, 1.165) is 25.7 Å². The number of aliphatic hydroxyl groups excluding tert-OH is 1. The molecule has 0 aromatic heterocycles. The summed E-state index contributed by atoms with van der Waals surface area (Å²) in [5.41, 5.74) is -0.381. The van der Waals surface area contributed by atoms with E-state index in [-0.39, 0.29) is 30.4 Å². The van der Waals surface area contributed by atoms with E-state index in [1.807, 2.05) is 6.92 Å². The monoisotopic (exact) mass is 487 g/mol. The molecule has 3 saturated heterocycles. The molecule has 9 heteroatoms. The first-order valence-corrected chi connectivity index (χ1v) is 12.8. The third-order valence-corrected chi connectivity index (χ3v) is 7.57. The number of methoxy groups -OCH3 is 1. The largest absolute Gasteiger partial charge is 0.497 e. The molecule has 3 aliphatic heterocycles. The molecule has 3 amide bonds. The minimum atomic E-state index is -0.988. The average Bonchev–Trinajstić information content (AvgIpc) is 3.50. The second kappa shape index (κ2) is 11.0. The molecule has 0 aliphatic carbocycles. The summed E-state index contributed by atoms with van der Waals surface area (Å²) in [7, 11) is 1.58. The number of unbranched alkanes of at least 4 members (excludes halogenated alkanes) is 3. The molecule has 3 N–H and O–H groups in total. The molecule has 3 heterocycles. The highest BCUT2D eigenvalue weighted by molar-refractivity contribution is 6.03. The van der Waals surface area contributed by atoms with Crippen LogP contribution in [0.25, 0.3) is 0 Å². The third kappa shape index (κ3) is 4.76. The Kier molecular flexibility index (Phi) is 7.96. The Morgan fingerprint density at radius 3 is 2.60 bits per heavy atom. The Morgan fingerprint density at radius 2 is 1.91 bits per heavy atom. The summed E-state index contributed by atoms with van der Waals surface area (Å²) < 4.78 is 11.6. The van der Waals surface area contributed by atoms with Crippen molar-refractivity contribution in [1.29, 1.82) is 0 Å². The first kappa shape index (κ1) is 25.4. The maximum Gasteiger partial charge on any atom is 0.250 e. The standard InChI is InChI=1S/C26H37N3O6/c1-3-14-27-23(31)20-19-12-13-26(35-19)21(20)25(33)29(15-6-4-5-7-16-30)22(26)24(32)28-17-8-10-18(34-2)11-9-17/h8-11,19-22,30H,3-7,12-16H2,1-2H3,(H,27,31)(H,28,32)/t19-,20+,21+,22?,26?/m1/s1. The van der Waals surface area contributed by atoms with Gasteiger partial charge in [0.15, 0.2) is 0 Å².